The van der Waals surface area contributed by atoms with Crippen molar-refractivity contribution in [3.8, 4) is 11.1 Å². The monoisotopic (exact) mass is 314 g/mol. The van der Waals surface area contributed by atoms with Crippen LogP contribution < -0.4 is 4.90 Å². The first-order valence-corrected chi connectivity index (χ1v) is 7.59. The number of urea groups is 1. The Labute approximate surface area is 134 Å². The molecule has 0 spiro atoms. The summed E-state index contributed by atoms with van der Waals surface area (Å²) in [6, 6.07) is 6.07. The lowest BCUT2D eigenvalue weighted by Crippen LogP contribution is -2.41. The Balaban J connectivity index is 1.85. The Bertz CT molecular complexity index is 712. The second-order valence-corrected chi connectivity index (χ2v) is 6.20. The van der Waals surface area contributed by atoms with Gasteiger partial charge in [-0.05, 0) is 38.5 Å². The van der Waals surface area contributed by atoms with Crippen LogP contribution in [-0.2, 0) is 0 Å². The van der Waals surface area contributed by atoms with Crippen LogP contribution >= 0.6 is 0 Å². The van der Waals surface area contributed by atoms with E-state index in [2.05, 4.69) is 9.97 Å². The summed E-state index contributed by atoms with van der Waals surface area (Å²) in [6.07, 6.45) is 3.31. The number of anilines is 1. The molecule has 23 heavy (non-hydrogen) atoms. The van der Waals surface area contributed by atoms with E-state index in [4.69, 9.17) is 0 Å². The number of benzene rings is 1. The van der Waals surface area contributed by atoms with E-state index in [0.717, 1.165) is 11.1 Å². The molecule has 3 rings (SSSR count). The van der Waals surface area contributed by atoms with E-state index in [-0.39, 0.29) is 17.4 Å². The summed E-state index contributed by atoms with van der Waals surface area (Å²) in [4.78, 5) is 24.5. The average Bonchev–Trinajstić information content (AvgIpc) is 2.77. The topological polar surface area (TPSA) is 49.3 Å². The Hall–Kier alpha value is -2.50. The molecule has 1 aromatic heterocycles. The quantitative estimate of drug-likeness (QED) is 0.873. The van der Waals surface area contributed by atoms with Crippen LogP contribution in [0.3, 0.4) is 0 Å². The van der Waals surface area contributed by atoms with Crippen LogP contribution in [0.15, 0.2) is 36.7 Å². The maximum absolute atomic E-state index is 13.0. The second kappa shape index (κ2) is 5.61. The molecule has 1 fully saturated rings. The molecule has 2 heterocycles. The molecular formula is C17H19FN4O. The van der Waals surface area contributed by atoms with E-state index in [9.17, 15) is 9.18 Å². The number of carbonyl (C=O) groups is 1. The Morgan fingerprint density at radius 2 is 1.74 bits per heavy atom. The summed E-state index contributed by atoms with van der Waals surface area (Å²) in [7, 11) is 0. The van der Waals surface area contributed by atoms with Crippen molar-refractivity contribution in [3.63, 3.8) is 0 Å². The fourth-order valence-electron chi connectivity index (χ4n) is 2.92. The number of nitrogens with zero attached hydrogens (tertiary/aromatic N) is 4. The van der Waals surface area contributed by atoms with Crippen molar-refractivity contribution in [2.45, 2.75) is 26.3 Å². The predicted octanol–water partition coefficient (Wildman–Crippen LogP) is 3.32. The average molecular weight is 314 g/mol. The number of hydrogen-bond acceptors (Lipinski definition) is 3. The van der Waals surface area contributed by atoms with Gasteiger partial charge in [-0.2, -0.15) is 0 Å². The zero-order valence-electron chi connectivity index (χ0n) is 13.5. The molecule has 1 aliphatic rings. The molecule has 2 amide bonds. The molecule has 2 aromatic rings. The van der Waals surface area contributed by atoms with Gasteiger partial charge in [0.1, 0.15) is 5.82 Å². The van der Waals surface area contributed by atoms with Gasteiger partial charge in [-0.1, -0.05) is 12.1 Å². The minimum Gasteiger partial charge on any atom is -0.318 e. The smallest absolute Gasteiger partial charge is 0.318 e. The van der Waals surface area contributed by atoms with Crippen LogP contribution in [0.2, 0.25) is 0 Å². The summed E-state index contributed by atoms with van der Waals surface area (Å²) in [5.41, 5.74) is 1.37. The fraction of sp³-hybridized carbons (Fsp3) is 0.353. The number of halogens is 1. The van der Waals surface area contributed by atoms with Crippen LogP contribution in [0, 0.1) is 5.82 Å². The van der Waals surface area contributed by atoms with Crippen LogP contribution in [-0.4, -0.2) is 39.5 Å². The van der Waals surface area contributed by atoms with Gasteiger partial charge < -0.3 is 4.90 Å². The van der Waals surface area contributed by atoms with Crippen LogP contribution in [0.1, 0.15) is 20.8 Å². The highest BCUT2D eigenvalue weighted by Gasteiger charge is 2.43. The summed E-state index contributed by atoms with van der Waals surface area (Å²) in [5.74, 6) is 0.112. The fourth-order valence-corrected chi connectivity index (χ4v) is 2.92. The van der Waals surface area contributed by atoms with E-state index in [1.54, 1.807) is 29.4 Å². The molecule has 0 saturated carbocycles. The molecular weight excluding hydrogens is 295 g/mol. The van der Waals surface area contributed by atoms with Crippen molar-refractivity contribution < 1.29 is 9.18 Å². The van der Waals surface area contributed by atoms with Crippen molar-refractivity contribution in [2.24, 2.45) is 0 Å². The van der Waals surface area contributed by atoms with Crippen molar-refractivity contribution in [1.29, 1.82) is 0 Å². The number of aromatic nitrogens is 2. The molecule has 0 atom stereocenters. The van der Waals surface area contributed by atoms with Gasteiger partial charge in [-0.25, -0.2) is 19.2 Å². The highest BCUT2D eigenvalue weighted by molar-refractivity contribution is 5.93. The van der Waals surface area contributed by atoms with Gasteiger partial charge in [-0.15, -0.1) is 0 Å². The van der Waals surface area contributed by atoms with Crippen molar-refractivity contribution >= 4 is 12.0 Å². The lowest BCUT2D eigenvalue weighted by Gasteiger charge is -2.27. The standard InChI is InChI=1S/C17H19FN4O/c1-4-22-16(23)21(11-17(22,2)3)15-19-9-13(10-20-15)12-5-7-14(18)8-6-12/h5-10H,4,11H2,1-3H3. The zero-order chi connectivity index (χ0) is 16.6. The molecule has 5 nitrogen and oxygen atoms in total. The van der Waals surface area contributed by atoms with E-state index >= 15 is 0 Å². The molecule has 0 bridgehead atoms. The molecule has 6 heteroatoms. The zero-order valence-corrected chi connectivity index (χ0v) is 13.5. The maximum Gasteiger partial charge on any atom is 0.327 e. The van der Waals surface area contributed by atoms with Crippen LogP contribution in [0.4, 0.5) is 15.1 Å². The highest BCUT2D eigenvalue weighted by atomic mass is 19.1. The van der Waals surface area contributed by atoms with Gasteiger partial charge >= 0.3 is 6.03 Å². The summed E-state index contributed by atoms with van der Waals surface area (Å²) < 4.78 is 13.0. The molecule has 1 saturated heterocycles. The van der Waals surface area contributed by atoms with E-state index in [0.29, 0.717) is 19.0 Å². The van der Waals surface area contributed by atoms with Gasteiger partial charge in [0.25, 0.3) is 0 Å². The van der Waals surface area contributed by atoms with E-state index in [1.165, 1.54) is 12.1 Å². The Morgan fingerprint density at radius 3 is 2.26 bits per heavy atom. The van der Waals surface area contributed by atoms with Crippen molar-refractivity contribution in [1.82, 2.24) is 14.9 Å². The third kappa shape index (κ3) is 2.76. The largest absolute Gasteiger partial charge is 0.327 e. The lowest BCUT2D eigenvalue weighted by molar-refractivity contribution is 0.182. The van der Waals surface area contributed by atoms with Crippen molar-refractivity contribution in [3.05, 3.63) is 42.5 Å². The number of amides is 2. The third-order valence-electron chi connectivity index (χ3n) is 4.11. The van der Waals surface area contributed by atoms with E-state index < -0.39 is 0 Å². The number of rotatable bonds is 3. The maximum atomic E-state index is 13.0. The molecule has 120 valence electrons. The molecule has 0 radical (unpaired) electrons. The SMILES string of the molecule is CCN1C(=O)N(c2ncc(-c3ccc(F)cc3)cn2)CC1(C)C. The van der Waals surface area contributed by atoms with Gasteiger partial charge in [0, 0.05) is 24.5 Å². The number of carbonyl (C=O) groups excluding carboxylic acids is 1. The molecule has 1 aromatic carbocycles. The van der Waals surface area contributed by atoms with E-state index in [1.807, 2.05) is 25.7 Å². The van der Waals surface area contributed by atoms with Crippen LogP contribution in [0.5, 0.6) is 0 Å². The van der Waals surface area contributed by atoms with Gasteiger partial charge in [0.15, 0.2) is 0 Å². The first-order valence-electron chi connectivity index (χ1n) is 7.59. The third-order valence-corrected chi connectivity index (χ3v) is 4.11. The highest BCUT2D eigenvalue weighted by Crippen LogP contribution is 2.28. The van der Waals surface area contributed by atoms with Gasteiger partial charge in [0.2, 0.25) is 5.95 Å². The minimum absolute atomic E-state index is 0.0768. The Morgan fingerprint density at radius 1 is 1.13 bits per heavy atom. The summed E-state index contributed by atoms with van der Waals surface area (Å²) >= 11 is 0. The molecule has 1 aliphatic heterocycles. The van der Waals surface area contributed by atoms with Gasteiger partial charge in [-0.3, -0.25) is 4.90 Å². The molecule has 0 aliphatic carbocycles. The second-order valence-electron chi connectivity index (χ2n) is 6.20. The molecule has 0 N–H and O–H groups in total. The predicted molar refractivity (Wildman–Crippen MR) is 86.6 cm³/mol. The first kappa shape index (κ1) is 15.4. The van der Waals surface area contributed by atoms with Crippen LogP contribution in [0.25, 0.3) is 11.1 Å². The minimum atomic E-state index is -0.282. The van der Waals surface area contributed by atoms with Gasteiger partial charge in [0.05, 0.1) is 12.1 Å². The molecule has 0 unspecified atom stereocenters. The lowest BCUT2D eigenvalue weighted by atomic mass is 10.1. The Kier molecular flexibility index (Phi) is 3.75. The number of hydrogen-bond donors (Lipinski definition) is 0. The summed E-state index contributed by atoms with van der Waals surface area (Å²) in [5, 5.41) is 0. The first-order chi connectivity index (χ1) is 10.9. The normalized spacial score (nSPS) is 17.0. The van der Waals surface area contributed by atoms with Crippen molar-refractivity contribution in [2.75, 3.05) is 18.0 Å². The summed E-state index contributed by atoms with van der Waals surface area (Å²) in [6.45, 7) is 7.22. The number of likely N-dealkylation sites (N-methyl/N-ethyl adjacent to an activating group) is 1.